The number of carbonyl (C=O) groups is 6. The second-order valence-corrected chi connectivity index (χ2v) is 21.7. The molecule has 0 saturated carbocycles. The molecule has 0 bridgehead atoms. The van der Waals surface area contributed by atoms with Crippen molar-refractivity contribution < 1.29 is 33.5 Å². The van der Waals surface area contributed by atoms with Crippen LogP contribution in [0.3, 0.4) is 0 Å². The van der Waals surface area contributed by atoms with Crippen molar-refractivity contribution in [1.29, 1.82) is 0 Å². The van der Waals surface area contributed by atoms with Crippen LogP contribution in [0.15, 0.2) is 66.7 Å². The van der Waals surface area contributed by atoms with Gasteiger partial charge >= 0.3 is 0 Å². The van der Waals surface area contributed by atoms with Gasteiger partial charge in [0.15, 0.2) is 0 Å². The smallest absolute Gasteiger partial charge is 0.246 e. The average Bonchev–Trinajstić information content (AvgIpc) is 3.84. The molecule has 3 aliphatic heterocycles. The number of hydrogen-bond donors (Lipinski definition) is 6. The monoisotopic (exact) mass is 973 g/mol. The Morgan fingerprint density at radius 3 is 1.79 bits per heavy atom. The maximum Gasteiger partial charge on any atom is 0.246 e. The summed E-state index contributed by atoms with van der Waals surface area (Å²) in [5.41, 5.74) is 6.66. The van der Waals surface area contributed by atoms with Gasteiger partial charge in [0, 0.05) is 38.6 Å². The van der Waals surface area contributed by atoms with Crippen LogP contribution in [0.5, 0.6) is 0 Å². The molecule has 2 fully saturated rings. The summed E-state index contributed by atoms with van der Waals surface area (Å²) in [6.45, 7) is 10.5. The Balaban J connectivity index is 1.12. The first-order chi connectivity index (χ1) is 34.1. The van der Waals surface area contributed by atoms with E-state index in [1.54, 1.807) is 37.7 Å². The molecule has 6 amide bonds. The van der Waals surface area contributed by atoms with Crippen LogP contribution in [0.1, 0.15) is 137 Å². The number of nitrogens with zero attached hydrogens (tertiary/aromatic N) is 2. The molecular formula is C56H76N8O7. The normalized spacial score (nSPS) is 24.0. The number of amides is 6. The molecule has 71 heavy (non-hydrogen) atoms. The molecule has 6 N–H and O–H groups in total. The van der Waals surface area contributed by atoms with Gasteiger partial charge in [0.2, 0.25) is 35.4 Å². The van der Waals surface area contributed by atoms with Gasteiger partial charge in [-0.15, -0.1) is 0 Å². The Morgan fingerprint density at radius 2 is 1.21 bits per heavy atom. The van der Waals surface area contributed by atoms with Gasteiger partial charge in [-0.1, -0.05) is 87.5 Å². The maximum absolute atomic E-state index is 15.3. The molecule has 3 aromatic rings. The topological polar surface area (TPSA) is 190 Å². The summed E-state index contributed by atoms with van der Waals surface area (Å²) < 4.78 is 5.70. The van der Waals surface area contributed by atoms with Crippen LogP contribution >= 0.6 is 0 Å². The Morgan fingerprint density at radius 1 is 0.648 bits per heavy atom. The van der Waals surface area contributed by atoms with E-state index in [0.29, 0.717) is 32.5 Å². The number of likely N-dealkylation sites (tertiary alicyclic amines) is 1. The summed E-state index contributed by atoms with van der Waals surface area (Å²) >= 11 is 0. The van der Waals surface area contributed by atoms with Gasteiger partial charge in [0.25, 0.3) is 0 Å². The standard InChI is InChI=1S/C56H76N8O7/c1-33(57-6)50(65)61-48(37-24-26-71-27-25-37)54(69)63-31-40-28-38(22-23-39(40)29-46(63)52(67)59-44-20-12-16-35-14-8-10-18-42(35)44)41-30-47(53(68)60-45-21-13-17-36-15-9-11-19-43(36)45)64(32-41)55(70)49(56(3,4)5)62-51(66)34(2)58-7/h8-11,14-15,18-19,22-23,28,33-34,37,41,44-49,57-58H,12-13,16-17,20-21,24-27,29-32H2,1-7H3,(H,59,67)(H,60,68)(H,61,65)(H,62,66). The van der Waals surface area contributed by atoms with E-state index in [-0.39, 0.29) is 78.9 Å². The van der Waals surface area contributed by atoms with Crippen molar-refractivity contribution in [3.8, 4) is 0 Å². The van der Waals surface area contributed by atoms with Gasteiger partial charge in [-0.3, -0.25) is 28.8 Å². The number of likely N-dealkylation sites (N-methyl/N-ethyl adjacent to an activating group) is 2. The number of hydrogen-bond acceptors (Lipinski definition) is 9. The van der Waals surface area contributed by atoms with E-state index >= 15 is 9.59 Å². The molecule has 9 unspecified atom stereocenters. The minimum absolute atomic E-state index is 0.126. The minimum atomic E-state index is -0.913. The van der Waals surface area contributed by atoms with Crippen LogP contribution in [0.4, 0.5) is 0 Å². The van der Waals surface area contributed by atoms with E-state index in [4.69, 9.17) is 4.74 Å². The molecule has 9 atom stereocenters. The van der Waals surface area contributed by atoms with Crippen LogP contribution in [0, 0.1) is 11.3 Å². The van der Waals surface area contributed by atoms with Gasteiger partial charge in [0.05, 0.1) is 24.2 Å². The van der Waals surface area contributed by atoms with Crippen molar-refractivity contribution in [3.63, 3.8) is 0 Å². The van der Waals surface area contributed by atoms with Gasteiger partial charge in [-0.2, -0.15) is 0 Å². The fourth-order valence-electron chi connectivity index (χ4n) is 11.5. The molecule has 15 nitrogen and oxygen atoms in total. The van der Waals surface area contributed by atoms with Crippen molar-refractivity contribution in [1.82, 2.24) is 41.7 Å². The number of nitrogens with one attached hydrogen (secondary N) is 6. The minimum Gasteiger partial charge on any atom is -0.381 e. The quantitative estimate of drug-likeness (QED) is 0.133. The lowest BCUT2D eigenvalue weighted by atomic mass is 9.85. The first-order valence-corrected chi connectivity index (χ1v) is 26.1. The Labute approximate surface area is 419 Å². The zero-order valence-corrected chi connectivity index (χ0v) is 42.8. The van der Waals surface area contributed by atoms with Crippen LogP contribution < -0.4 is 31.9 Å². The van der Waals surface area contributed by atoms with Crippen molar-refractivity contribution in [2.45, 2.75) is 160 Å². The van der Waals surface area contributed by atoms with E-state index in [9.17, 15) is 19.2 Å². The first-order valence-electron chi connectivity index (χ1n) is 26.1. The van der Waals surface area contributed by atoms with Crippen LogP contribution in [0.25, 0.3) is 0 Å². The molecule has 15 heteroatoms. The lowest BCUT2D eigenvalue weighted by Crippen LogP contribution is -2.61. The van der Waals surface area contributed by atoms with E-state index in [1.165, 1.54) is 11.1 Å². The van der Waals surface area contributed by atoms with Gasteiger partial charge in [0.1, 0.15) is 24.2 Å². The average molecular weight is 973 g/mol. The van der Waals surface area contributed by atoms with Crippen molar-refractivity contribution in [2.75, 3.05) is 33.9 Å². The highest BCUT2D eigenvalue weighted by atomic mass is 16.5. The first kappa shape index (κ1) is 51.7. The predicted molar refractivity (Wildman–Crippen MR) is 272 cm³/mol. The fourth-order valence-corrected chi connectivity index (χ4v) is 11.5. The lowest BCUT2D eigenvalue weighted by molar-refractivity contribution is -0.147. The Bertz CT molecular complexity index is 2450. The SMILES string of the molecule is CNC(C)C(=O)NC(C(=O)N1Cc2cc(C3CC(C(=O)NC4CCCc5ccccc54)N(C(=O)C(NC(=O)C(C)NC)C(C)(C)C)C3)ccc2CC1C(=O)NC1CCCc2ccccc21)C1CCOCC1. The predicted octanol–water partition coefficient (Wildman–Crippen LogP) is 4.67. The molecule has 382 valence electrons. The molecule has 3 heterocycles. The third-order valence-electron chi connectivity index (χ3n) is 16.0. The number of benzene rings is 3. The molecule has 2 aliphatic carbocycles. The number of rotatable bonds is 14. The Kier molecular flexibility index (Phi) is 16.3. The number of ether oxygens (including phenoxy) is 1. The van der Waals surface area contributed by atoms with E-state index in [2.05, 4.69) is 62.2 Å². The summed E-state index contributed by atoms with van der Waals surface area (Å²) in [5, 5.41) is 18.8. The van der Waals surface area contributed by atoms with E-state index in [0.717, 1.165) is 66.3 Å². The summed E-state index contributed by atoms with van der Waals surface area (Å²) in [5.74, 6) is -2.16. The molecule has 5 aliphatic rings. The zero-order valence-electron chi connectivity index (χ0n) is 42.8. The molecular weight excluding hydrogens is 897 g/mol. The van der Waals surface area contributed by atoms with Gasteiger partial charge < -0.3 is 46.4 Å². The van der Waals surface area contributed by atoms with E-state index < -0.39 is 41.7 Å². The summed E-state index contributed by atoms with van der Waals surface area (Å²) in [6, 6.07) is 17.6. The van der Waals surface area contributed by atoms with E-state index in [1.807, 2.05) is 57.2 Å². The number of aryl methyl sites for hydroxylation is 2. The number of carbonyl (C=O) groups excluding carboxylic acids is 6. The molecule has 3 aromatic carbocycles. The molecule has 2 saturated heterocycles. The highest BCUT2D eigenvalue weighted by Gasteiger charge is 2.47. The molecule has 0 radical (unpaired) electrons. The van der Waals surface area contributed by atoms with Crippen molar-refractivity contribution in [3.05, 3.63) is 106 Å². The van der Waals surface area contributed by atoms with Crippen molar-refractivity contribution >= 4 is 35.4 Å². The highest BCUT2D eigenvalue weighted by molar-refractivity contribution is 5.95. The molecule has 0 aromatic heterocycles. The third-order valence-corrected chi connectivity index (χ3v) is 16.0. The van der Waals surface area contributed by atoms with Crippen LogP contribution in [0.2, 0.25) is 0 Å². The molecule has 8 rings (SSSR count). The molecule has 0 spiro atoms. The summed E-state index contributed by atoms with van der Waals surface area (Å²) in [4.78, 5) is 90.1. The fraction of sp³-hybridized carbons (Fsp3) is 0.571. The van der Waals surface area contributed by atoms with Crippen LogP contribution in [-0.2, 0) is 59.3 Å². The zero-order chi connectivity index (χ0) is 50.6. The van der Waals surface area contributed by atoms with Crippen LogP contribution in [-0.4, -0.2) is 115 Å². The third kappa shape index (κ3) is 11.5. The highest BCUT2D eigenvalue weighted by Crippen LogP contribution is 2.39. The van der Waals surface area contributed by atoms with Gasteiger partial charge in [-0.05, 0) is 136 Å². The number of fused-ring (bicyclic) bond motifs is 3. The lowest BCUT2D eigenvalue weighted by Gasteiger charge is -2.41. The summed E-state index contributed by atoms with van der Waals surface area (Å²) in [7, 11) is 3.40. The summed E-state index contributed by atoms with van der Waals surface area (Å²) in [6.07, 6.45) is 7.12. The second-order valence-electron chi connectivity index (χ2n) is 21.7. The second kappa shape index (κ2) is 22.4. The van der Waals surface area contributed by atoms with Crippen molar-refractivity contribution in [2.24, 2.45) is 11.3 Å². The Hall–Kier alpha value is -5.64. The van der Waals surface area contributed by atoms with Gasteiger partial charge in [-0.25, -0.2) is 0 Å². The maximum atomic E-state index is 15.3. The largest absolute Gasteiger partial charge is 0.381 e.